The molecule has 2 N–H and O–H groups in total. The molecule has 3 rings (SSSR count). The summed E-state index contributed by atoms with van der Waals surface area (Å²) in [5, 5.41) is 15.8. The van der Waals surface area contributed by atoms with E-state index in [-0.39, 0.29) is 16.4 Å². The number of nitrogens with one attached hydrogen (secondary N) is 2. The molecule has 0 aromatic heterocycles. The third-order valence-electron chi connectivity index (χ3n) is 5.07. The second-order valence-electron chi connectivity index (χ2n) is 7.18. The third-order valence-corrected chi connectivity index (χ3v) is 7.51. The van der Waals surface area contributed by atoms with E-state index in [0.29, 0.717) is 26.5 Å². The summed E-state index contributed by atoms with van der Waals surface area (Å²) in [4.78, 5) is 38.0. The lowest BCUT2D eigenvalue weighted by atomic mass is 9.78. The van der Waals surface area contributed by atoms with Gasteiger partial charge in [-0.2, -0.15) is 5.26 Å². The predicted octanol–water partition coefficient (Wildman–Crippen LogP) is 4.98. The smallest absolute Gasteiger partial charge is 0.319 e. The maximum absolute atomic E-state index is 12.9. The van der Waals surface area contributed by atoms with Gasteiger partial charge in [0.1, 0.15) is 11.7 Å². The number of hydrogen-bond acceptors (Lipinski definition) is 7. The molecular weight excluding hydrogens is 626 g/mol. The number of benzene rings is 2. The number of hydrogen-bond donors (Lipinski definition) is 2. The van der Waals surface area contributed by atoms with Gasteiger partial charge in [-0.05, 0) is 51.8 Å². The second-order valence-corrected chi connectivity index (χ2v) is 10.3. The zero-order chi connectivity index (χ0) is 25.7. The van der Waals surface area contributed by atoms with Crippen molar-refractivity contribution in [2.45, 2.75) is 5.92 Å². The van der Waals surface area contributed by atoms with E-state index in [4.69, 9.17) is 21.1 Å². The van der Waals surface area contributed by atoms with Crippen LogP contribution >= 0.6 is 55.2 Å². The highest BCUT2D eigenvalue weighted by molar-refractivity contribution is 9.10. The van der Waals surface area contributed by atoms with Crippen LogP contribution < -0.4 is 15.4 Å². The number of halogens is 3. The lowest BCUT2D eigenvalue weighted by Gasteiger charge is -2.31. The molecule has 8 nitrogen and oxygen atoms in total. The summed E-state index contributed by atoms with van der Waals surface area (Å²) < 4.78 is 11.4. The topological polar surface area (TPSA) is 118 Å². The Morgan fingerprint density at radius 3 is 2.57 bits per heavy atom. The highest BCUT2D eigenvalue weighted by atomic mass is 79.9. The van der Waals surface area contributed by atoms with Crippen LogP contribution in [0.25, 0.3) is 0 Å². The van der Waals surface area contributed by atoms with Gasteiger partial charge in [0, 0.05) is 10.4 Å². The average molecular weight is 644 g/mol. The molecule has 2 aromatic rings. The first-order valence-electron chi connectivity index (χ1n) is 9.94. The maximum atomic E-state index is 12.9. The number of carbonyl (C=O) groups is 3. The first-order valence-corrected chi connectivity index (χ1v) is 12.9. The zero-order valence-corrected chi connectivity index (χ0v) is 23.1. The van der Waals surface area contributed by atoms with Crippen molar-refractivity contribution in [1.82, 2.24) is 5.32 Å². The minimum atomic E-state index is -1.28. The lowest BCUT2D eigenvalue weighted by molar-refractivity contribution is -0.150. The molecule has 35 heavy (non-hydrogen) atoms. The summed E-state index contributed by atoms with van der Waals surface area (Å²) in [6.45, 7) is 0. The van der Waals surface area contributed by atoms with Gasteiger partial charge in [-0.3, -0.25) is 14.4 Å². The molecule has 0 bridgehead atoms. The van der Waals surface area contributed by atoms with Gasteiger partial charge < -0.3 is 20.1 Å². The van der Waals surface area contributed by atoms with Crippen molar-refractivity contribution in [3.8, 4) is 11.8 Å². The number of amides is 2. The SMILES string of the molecule is COC(=O)[C@@H]1C(=O)NC(SCC(=O)Nc2ccc(Br)cc2Cl)=C(C#N)[C@@H]1c1ccc(OC)c(Br)c1. The summed E-state index contributed by atoms with van der Waals surface area (Å²) in [5.74, 6) is -3.58. The minimum Gasteiger partial charge on any atom is -0.496 e. The van der Waals surface area contributed by atoms with Gasteiger partial charge in [0.2, 0.25) is 11.8 Å². The van der Waals surface area contributed by atoms with Crippen LogP contribution in [-0.2, 0) is 19.1 Å². The number of methoxy groups -OCH3 is 2. The molecule has 0 unspecified atom stereocenters. The van der Waals surface area contributed by atoms with Crippen LogP contribution in [-0.4, -0.2) is 37.8 Å². The van der Waals surface area contributed by atoms with E-state index in [9.17, 15) is 19.6 Å². The second kappa shape index (κ2) is 11.9. The molecule has 0 spiro atoms. The predicted molar refractivity (Wildman–Crippen MR) is 140 cm³/mol. The molecule has 0 fully saturated rings. The van der Waals surface area contributed by atoms with Crippen molar-refractivity contribution in [2.75, 3.05) is 25.3 Å². The van der Waals surface area contributed by atoms with Crippen molar-refractivity contribution in [3.63, 3.8) is 0 Å². The van der Waals surface area contributed by atoms with Crippen molar-refractivity contribution in [1.29, 1.82) is 5.26 Å². The number of allylic oxidation sites excluding steroid dienone is 1. The molecular formula is C23H18Br2ClN3O5S. The number of anilines is 1. The molecule has 1 aliphatic heterocycles. The Bertz CT molecular complexity index is 1260. The average Bonchev–Trinajstić information content (AvgIpc) is 2.83. The number of nitriles is 1. The van der Waals surface area contributed by atoms with Gasteiger partial charge >= 0.3 is 5.97 Å². The summed E-state index contributed by atoms with van der Waals surface area (Å²) in [7, 11) is 2.68. The molecule has 2 amide bonds. The Hall–Kier alpha value is -2.52. The molecule has 2 aromatic carbocycles. The van der Waals surface area contributed by atoms with Gasteiger partial charge in [0.05, 0.1) is 51.8 Å². The fourth-order valence-electron chi connectivity index (χ4n) is 3.47. The van der Waals surface area contributed by atoms with E-state index in [1.54, 1.807) is 36.4 Å². The Balaban J connectivity index is 1.92. The van der Waals surface area contributed by atoms with Crippen molar-refractivity contribution >= 4 is 78.7 Å². The van der Waals surface area contributed by atoms with Crippen LogP contribution in [0.3, 0.4) is 0 Å². The summed E-state index contributed by atoms with van der Waals surface area (Å²) in [5.41, 5.74) is 1.09. The van der Waals surface area contributed by atoms with Crippen LogP contribution in [0.4, 0.5) is 5.69 Å². The number of thioether (sulfide) groups is 1. The molecule has 0 saturated heterocycles. The largest absolute Gasteiger partial charge is 0.496 e. The van der Waals surface area contributed by atoms with Gasteiger partial charge in [-0.15, -0.1) is 0 Å². The van der Waals surface area contributed by atoms with E-state index in [1.807, 2.05) is 0 Å². The van der Waals surface area contributed by atoms with E-state index in [1.165, 1.54) is 14.2 Å². The van der Waals surface area contributed by atoms with E-state index < -0.39 is 29.6 Å². The van der Waals surface area contributed by atoms with Crippen LogP contribution in [0.5, 0.6) is 5.75 Å². The highest BCUT2D eigenvalue weighted by Crippen LogP contribution is 2.42. The summed E-state index contributed by atoms with van der Waals surface area (Å²) in [6.07, 6.45) is 0. The van der Waals surface area contributed by atoms with E-state index in [0.717, 1.165) is 16.2 Å². The minimum absolute atomic E-state index is 0.116. The molecule has 2 atom stereocenters. The zero-order valence-electron chi connectivity index (χ0n) is 18.4. The lowest BCUT2D eigenvalue weighted by Crippen LogP contribution is -2.44. The Kier molecular flexibility index (Phi) is 9.24. The third kappa shape index (κ3) is 6.19. The molecule has 0 saturated carbocycles. The normalized spacial score (nSPS) is 17.3. The van der Waals surface area contributed by atoms with E-state index >= 15 is 0 Å². The maximum Gasteiger partial charge on any atom is 0.319 e. The molecule has 1 aliphatic rings. The van der Waals surface area contributed by atoms with Crippen molar-refractivity contribution in [2.24, 2.45) is 5.92 Å². The monoisotopic (exact) mass is 641 g/mol. The first kappa shape index (κ1) is 27.1. The van der Waals surface area contributed by atoms with Crippen LogP contribution in [0.15, 0.2) is 55.9 Å². The molecule has 0 aliphatic carbocycles. The molecule has 1 heterocycles. The summed E-state index contributed by atoms with van der Waals surface area (Å²) in [6, 6.07) is 12.1. The Morgan fingerprint density at radius 2 is 1.97 bits per heavy atom. The van der Waals surface area contributed by atoms with Crippen LogP contribution in [0.2, 0.25) is 5.02 Å². The quantitative estimate of drug-likeness (QED) is 0.323. The highest BCUT2D eigenvalue weighted by Gasteiger charge is 2.44. The Labute approximate surface area is 227 Å². The van der Waals surface area contributed by atoms with Gasteiger partial charge in [0.15, 0.2) is 0 Å². The standard InChI is InChI=1S/C23H18Br2ClN3O5S/c1-33-17-6-3-11(7-14(17)25)19-13(9-27)22(29-21(31)20(19)23(32)34-2)35-10-18(30)28-16-5-4-12(24)8-15(16)26/h3-8,19-20H,10H2,1-2H3,(H,28,30)(H,29,31)/t19-,20-/m0/s1. The fourth-order valence-corrected chi connectivity index (χ4v) is 5.60. The molecule has 0 radical (unpaired) electrons. The summed E-state index contributed by atoms with van der Waals surface area (Å²) >= 11 is 13.8. The van der Waals surface area contributed by atoms with Crippen molar-refractivity contribution in [3.05, 3.63) is 66.5 Å². The fraction of sp³-hybridized carbons (Fsp3) is 0.217. The number of rotatable bonds is 7. The molecule has 182 valence electrons. The van der Waals surface area contributed by atoms with Crippen LogP contribution in [0, 0.1) is 17.2 Å². The van der Waals surface area contributed by atoms with Gasteiger partial charge in [0.25, 0.3) is 0 Å². The van der Waals surface area contributed by atoms with Gasteiger partial charge in [-0.1, -0.05) is 45.4 Å². The number of ether oxygens (including phenoxy) is 2. The van der Waals surface area contributed by atoms with Crippen LogP contribution in [0.1, 0.15) is 11.5 Å². The first-order chi connectivity index (χ1) is 16.7. The number of esters is 1. The molecule has 12 heteroatoms. The van der Waals surface area contributed by atoms with Crippen molar-refractivity contribution < 1.29 is 23.9 Å². The van der Waals surface area contributed by atoms with Gasteiger partial charge in [-0.25, -0.2) is 0 Å². The number of nitrogens with zero attached hydrogens (tertiary/aromatic N) is 1. The van der Waals surface area contributed by atoms with E-state index in [2.05, 4.69) is 48.6 Å². The number of carbonyl (C=O) groups excluding carboxylic acids is 3. The Morgan fingerprint density at radius 1 is 1.23 bits per heavy atom.